The molecular formula is C12H13NO4. The maximum Gasteiger partial charge on any atom is 0.376 e. The first-order valence-corrected chi connectivity index (χ1v) is 4.87. The van der Waals surface area contributed by atoms with Gasteiger partial charge in [-0.05, 0) is 24.3 Å². The van der Waals surface area contributed by atoms with Crippen molar-refractivity contribution in [1.82, 2.24) is 0 Å². The predicted octanol–water partition coefficient (Wildman–Crippen LogP) is 1.31. The molecule has 1 aromatic rings. The van der Waals surface area contributed by atoms with Crippen molar-refractivity contribution in [2.75, 3.05) is 19.0 Å². The van der Waals surface area contributed by atoms with E-state index in [-0.39, 0.29) is 5.76 Å². The molecule has 0 aliphatic heterocycles. The number of carboxylic acids is 1. The Morgan fingerprint density at radius 3 is 2.06 bits per heavy atom. The summed E-state index contributed by atoms with van der Waals surface area (Å²) in [6.45, 7) is 0. The third-order valence-corrected chi connectivity index (χ3v) is 2.16. The molecule has 1 aromatic carbocycles. The molecule has 2 N–H and O–H groups in total. The second-order valence-corrected chi connectivity index (χ2v) is 3.64. The van der Waals surface area contributed by atoms with E-state index in [1.807, 2.05) is 19.0 Å². The molecule has 0 heterocycles. The van der Waals surface area contributed by atoms with E-state index < -0.39 is 11.8 Å². The van der Waals surface area contributed by atoms with Gasteiger partial charge in [0.25, 0.3) is 5.78 Å². The Morgan fingerprint density at radius 2 is 1.65 bits per heavy atom. The molecule has 0 amide bonds. The Bertz CT molecular complexity index is 460. The van der Waals surface area contributed by atoms with Gasteiger partial charge in [0.2, 0.25) is 0 Å². The summed E-state index contributed by atoms with van der Waals surface area (Å²) in [5.41, 5.74) is 1.33. The molecule has 0 aliphatic carbocycles. The van der Waals surface area contributed by atoms with Crippen LogP contribution in [-0.2, 0) is 9.59 Å². The Balaban J connectivity index is 2.94. The number of carbonyl (C=O) groups excluding carboxylic acids is 1. The molecule has 17 heavy (non-hydrogen) atoms. The highest BCUT2D eigenvalue weighted by Crippen LogP contribution is 2.16. The number of aliphatic carboxylic acids is 1. The Morgan fingerprint density at radius 1 is 1.12 bits per heavy atom. The van der Waals surface area contributed by atoms with E-state index in [9.17, 15) is 14.7 Å². The number of aliphatic hydroxyl groups excluding tert-OH is 1. The molecule has 0 spiro atoms. The molecule has 90 valence electrons. The van der Waals surface area contributed by atoms with Crippen LogP contribution in [0.2, 0.25) is 0 Å². The molecule has 1 rings (SSSR count). The van der Waals surface area contributed by atoms with Crippen LogP contribution in [0.1, 0.15) is 5.56 Å². The van der Waals surface area contributed by atoms with Crippen LogP contribution in [-0.4, -0.2) is 36.1 Å². The maximum atomic E-state index is 10.9. The van der Waals surface area contributed by atoms with Crippen LogP contribution in [0.25, 0.3) is 5.76 Å². The summed E-state index contributed by atoms with van der Waals surface area (Å²) < 4.78 is 0. The zero-order chi connectivity index (χ0) is 13.0. The van der Waals surface area contributed by atoms with Gasteiger partial charge in [0.05, 0.1) is 0 Å². The van der Waals surface area contributed by atoms with E-state index in [0.717, 1.165) is 5.69 Å². The monoisotopic (exact) mass is 235 g/mol. The molecule has 0 radical (unpaired) electrons. The molecule has 5 nitrogen and oxygen atoms in total. The van der Waals surface area contributed by atoms with Gasteiger partial charge in [-0.2, -0.15) is 0 Å². The van der Waals surface area contributed by atoms with Crippen LogP contribution < -0.4 is 4.90 Å². The van der Waals surface area contributed by atoms with Gasteiger partial charge >= 0.3 is 5.97 Å². The Labute approximate surface area is 98.6 Å². The molecule has 0 fully saturated rings. The van der Waals surface area contributed by atoms with Crippen molar-refractivity contribution in [2.24, 2.45) is 0 Å². The fourth-order valence-corrected chi connectivity index (χ4v) is 1.20. The normalized spacial score (nSPS) is 11.1. The number of anilines is 1. The van der Waals surface area contributed by atoms with Gasteiger partial charge in [0, 0.05) is 31.4 Å². The number of carbonyl (C=O) groups is 2. The SMILES string of the molecule is CN(C)c1ccc(/C(O)=C/C(=O)C(=O)O)cc1. The van der Waals surface area contributed by atoms with E-state index in [0.29, 0.717) is 11.6 Å². The highest BCUT2D eigenvalue weighted by molar-refractivity contribution is 6.38. The highest BCUT2D eigenvalue weighted by atomic mass is 16.4. The lowest BCUT2D eigenvalue weighted by Gasteiger charge is -2.12. The molecule has 0 atom stereocenters. The van der Waals surface area contributed by atoms with Crippen molar-refractivity contribution in [3.63, 3.8) is 0 Å². The lowest BCUT2D eigenvalue weighted by Crippen LogP contribution is -2.10. The molecular weight excluding hydrogens is 222 g/mol. The van der Waals surface area contributed by atoms with E-state index in [1.165, 1.54) is 0 Å². The van der Waals surface area contributed by atoms with Gasteiger partial charge < -0.3 is 15.1 Å². The number of carboxylic acid groups (broad SMARTS) is 1. The highest BCUT2D eigenvalue weighted by Gasteiger charge is 2.10. The summed E-state index contributed by atoms with van der Waals surface area (Å²) >= 11 is 0. The molecule has 0 bridgehead atoms. The average molecular weight is 235 g/mol. The summed E-state index contributed by atoms with van der Waals surface area (Å²) in [6.07, 6.45) is 0.688. The van der Waals surface area contributed by atoms with Crippen LogP contribution in [0.3, 0.4) is 0 Å². The summed E-state index contributed by atoms with van der Waals surface area (Å²) in [5, 5.41) is 17.9. The lowest BCUT2D eigenvalue weighted by molar-refractivity contribution is -0.146. The maximum absolute atomic E-state index is 10.9. The topological polar surface area (TPSA) is 77.8 Å². The Hall–Kier alpha value is -2.30. The van der Waals surface area contributed by atoms with Gasteiger partial charge in [-0.15, -0.1) is 0 Å². The van der Waals surface area contributed by atoms with Crippen molar-refractivity contribution >= 4 is 23.2 Å². The van der Waals surface area contributed by atoms with Gasteiger partial charge in [-0.3, -0.25) is 4.79 Å². The first kappa shape index (κ1) is 12.8. The van der Waals surface area contributed by atoms with Crippen molar-refractivity contribution < 1.29 is 19.8 Å². The first-order valence-electron chi connectivity index (χ1n) is 4.87. The van der Waals surface area contributed by atoms with E-state index in [4.69, 9.17) is 5.11 Å². The molecule has 0 aromatic heterocycles. The number of hydrogen-bond acceptors (Lipinski definition) is 4. The zero-order valence-electron chi connectivity index (χ0n) is 9.54. The standard InChI is InChI=1S/C12H13NO4/c1-13(2)9-5-3-8(4-6-9)10(14)7-11(15)12(16)17/h3-7,14H,1-2H3,(H,16,17)/b10-7-. The van der Waals surface area contributed by atoms with Crippen molar-refractivity contribution in [2.45, 2.75) is 0 Å². The van der Waals surface area contributed by atoms with Crippen LogP contribution in [0, 0.1) is 0 Å². The predicted molar refractivity (Wildman–Crippen MR) is 64.0 cm³/mol. The van der Waals surface area contributed by atoms with E-state index in [1.54, 1.807) is 24.3 Å². The largest absolute Gasteiger partial charge is 0.507 e. The summed E-state index contributed by atoms with van der Waals surface area (Å²) in [7, 11) is 3.75. The van der Waals surface area contributed by atoms with Gasteiger partial charge in [0.15, 0.2) is 0 Å². The second-order valence-electron chi connectivity index (χ2n) is 3.64. The zero-order valence-corrected chi connectivity index (χ0v) is 9.54. The number of benzene rings is 1. The van der Waals surface area contributed by atoms with E-state index >= 15 is 0 Å². The summed E-state index contributed by atoms with van der Waals surface area (Å²) in [4.78, 5) is 23.0. The second kappa shape index (κ2) is 5.16. The number of rotatable bonds is 4. The molecule has 0 saturated heterocycles. The van der Waals surface area contributed by atoms with Crippen LogP contribution >= 0.6 is 0 Å². The quantitative estimate of drug-likeness (QED) is 0.467. The number of hydrogen-bond donors (Lipinski definition) is 2. The third-order valence-electron chi connectivity index (χ3n) is 2.16. The minimum atomic E-state index is -1.60. The van der Waals surface area contributed by atoms with Crippen molar-refractivity contribution in [1.29, 1.82) is 0 Å². The van der Waals surface area contributed by atoms with Crippen LogP contribution in [0.4, 0.5) is 5.69 Å². The van der Waals surface area contributed by atoms with Gasteiger partial charge in [0.1, 0.15) is 5.76 Å². The van der Waals surface area contributed by atoms with Crippen LogP contribution in [0.15, 0.2) is 30.3 Å². The smallest absolute Gasteiger partial charge is 0.376 e. The minimum absolute atomic E-state index is 0.359. The van der Waals surface area contributed by atoms with Crippen LogP contribution in [0.5, 0.6) is 0 Å². The Kier molecular flexibility index (Phi) is 3.87. The van der Waals surface area contributed by atoms with Crippen molar-refractivity contribution in [3.05, 3.63) is 35.9 Å². The van der Waals surface area contributed by atoms with Gasteiger partial charge in [-0.25, -0.2) is 4.79 Å². The van der Waals surface area contributed by atoms with Crippen molar-refractivity contribution in [3.8, 4) is 0 Å². The summed E-state index contributed by atoms with van der Waals surface area (Å²) in [5.74, 6) is -3.11. The fraction of sp³-hybridized carbons (Fsp3) is 0.167. The molecule has 0 aliphatic rings. The number of ketones is 1. The van der Waals surface area contributed by atoms with E-state index in [2.05, 4.69) is 0 Å². The average Bonchev–Trinajstić information content (AvgIpc) is 2.28. The molecule has 5 heteroatoms. The first-order chi connectivity index (χ1) is 7.91. The number of aliphatic hydroxyl groups is 1. The minimum Gasteiger partial charge on any atom is -0.507 e. The fourth-order valence-electron chi connectivity index (χ4n) is 1.20. The van der Waals surface area contributed by atoms with Gasteiger partial charge in [-0.1, -0.05) is 0 Å². The molecule has 0 saturated carbocycles. The number of nitrogens with zero attached hydrogens (tertiary/aromatic N) is 1. The third kappa shape index (κ3) is 3.34. The lowest BCUT2D eigenvalue weighted by atomic mass is 10.1. The summed E-state index contributed by atoms with van der Waals surface area (Å²) in [6, 6.07) is 6.72. The molecule has 0 unspecified atom stereocenters.